The molecule has 1 heterocycles. The zero-order valence-corrected chi connectivity index (χ0v) is 8.25. The van der Waals surface area contributed by atoms with Crippen LogP contribution >= 0.6 is 0 Å². The zero-order valence-electron chi connectivity index (χ0n) is 8.25. The molecule has 0 aliphatic rings. The highest BCUT2D eigenvalue weighted by Gasteiger charge is 2.10. The number of furan rings is 1. The topological polar surface area (TPSA) is 34.4 Å². The molecule has 13 heavy (non-hydrogen) atoms. The molecule has 0 fully saturated rings. The first-order chi connectivity index (χ1) is 6.38. The van der Waals surface area contributed by atoms with E-state index in [4.69, 9.17) is 9.15 Å². The van der Waals surface area contributed by atoms with Crippen LogP contribution in [-0.2, 0) is 4.74 Å². The normalized spacial score (nSPS) is 13.1. The molecule has 74 valence electrons. The minimum absolute atomic E-state index is 0.253. The largest absolute Gasteiger partial charge is 0.472 e. The van der Waals surface area contributed by atoms with Crippen LogP contribution in [0.25, 0.3) is 0 Å². The maximum absolute atomic E-state index is 5.12. The van der Waals surface area contributed by atoms with E-state index in [0.29, 0.717) is 6.61 Å². The lowest BCUT2D eigenvalue weighted by molar-refractivity contribution is 0.167. The average molecular weight is 183 g/mol. The lowest BCUT2D eigenvalue weighted by Gasteiger charge is -2.15. The van der Waals surface area contributed by atoms with E-state index in [1.165, 1.54) is 0 Å². The maximum atomic E-state index is 5.12. The number of ether oxygens (including phenoxy) is 1. The summed E-state index contributed by atoms with van der Waals surface area (Å²) in [5, 5.41) is 3.39. The summed E-state index contributed by atoms with van der Waals surface area (Å²) in [6.07, 6.45) is 4.57. The van der Waals surface area contributed by atoms with Gasteiger partial charge in [-0.15, -0.1) is 0 Å². The number of rotatable bonds is 6. The molecular weight excluding hydrogens is 166 g/mol. The molecular formula is C10H17NO2. The van der Waals surface area contributed by atoms with E-state index >= 15 is 0 Å². The van der Waals surface area contributed by atoms with Gasteiger partial charge in [0.25, 0.3) is 0 Å². The molecule has 1 atom stereocenters. The van der Waals surface area contributed by atoms with Crippen LogP contribution in [0.1, 0.15) is 24.9 Å². The van der Waals surface area contributed by atoms with Gasteiger partial charge in [0.15, 0.2) is 0 Å². The number of hydrogen-bond donors (Lipinski definition) is 1. The third-order valence-electron chi connectivity index (χ3n) is 1.92. The molecule has 0 bridgehead atoms. The number of hydrogen-bond acceptors (Lipinski definition) is 3. The minimum atomic E-state index is 0.253. The van der Waals surface area contributed by atoms with E-state index in [9.17, 15) is 0 Å². The Balaban J connectivity index is 2.47. The Morgan fingerprint density at radius 1 is 1.62 bits per heavy atom. The quantitative estimate of drug-likeness (QED) is 0.732. The Kier molecular flexibility index (Phi) is 4.57. The lowest BCUT2D eigenvalue weighted by atomic mass is 10.1. The van der Waals surface area contributed by atoms with Crippen LogP contribution in [0.3, 0.4) is 0 Å². The maximum Gasteiger partial charge on any atom is 0.0951 e. The van der Waals surface area contributed by atoms with E-state index in [1.54, 1.807) is 19.6 Å². The van der Waals surface area contributed by atoms with Gasteiger partial charge < -0.3 is 14.5 Å². The van der Waals surface area contributed by atoms with Crippen LogP contribution in [-0.4, -0.2) is 20.3 Å². The van der Waals surface area contributed by atoms with Gasteiger partial charge in [-0.2, -0.15) is 0 Å². The summed E-state index contributed by atoms with van der Waals surface area (Å²) in [6, 6.07) is 2.22. The SMILES string of the molecule is CCCNC(COC)c1ccoc1. The molecule has 0 amide bonds. The van der Waals surface area contributed by atoms with Crippen LogP contribution in [0.2, 0.25) is 0 Å². The van der Waals surface area contributed by atoms with Crippen molar-refractivity contribution in [2.75, 3.05) is 20.3 Å². The molecule has 3 heteroatoms. The van der Waals surface area contributed by atoms with Gasteiger partial charge >= 0.3 is 0 Å². The summed E-state index contributed by atoms with van der Waals surface area (Å²) >= 11 is 0. The predicted octanol–water partition coefficient (Wildman–Crippen LogP) is 1.97. The monoisotopic (exact) mass is 183 g/mol. The van der Waals surface area contributed by atoms with Gasteiger partial charge in [0.2, 0.25) is 0 Å². The molecule has 1 unspecified atom stereocenters. The smallest absolute Gasteiger partial charge is 0.0951 e. The van der Waals surface area contributed by atoms with Crippen molar-refractivity contribution in [3.05, 3.63) is 24.2 Å². The summed E-state index contributed by atoms with van der Waals surface area (Å²) in [6.45, 7) is 3.82. The molecule has 0 aliphatic heterocycles. The van der Waals surface area contributed by atoms with E-state index in [1.807, 2.05) is 6.07 Å². The van der Waals surface area contributed by atoms with Gasteiger partial charge in [-0.25, -0.2) is 0 Å². The van der Waals surface area contributed by atoms with Crippen molar-refractivity contribution < 1.29 is 9.15 Å². The van der Waals surface area contributed by atoms with Gasteiger partial charge in [-0.3, -0.25) is 0 Å². The summed E-state index contributed by atoms with van der Waals surface area (Å²) < 4.78 is 10.1. The summed E-state index contributed by atoms with van der Waals surface area (Å²) in [7, 11) is 1.71. The number of nitrogens with one attached hydrogen (secondary N) is 1. The fraction of sp³-hybridized carbons (Fsp3) is 0.600. The van der Waals surface area contributed by atoms with E-state index in [0.717, 1.165) is 18.5 Å². The van der Waals surface area contributed by atoms with Gasteiger partial charge in [0.1, 0.15) is 0 Å². The molecule has 1 N–H and O–H groups in total. The van der Waals surface area contributed by atoms with Crippen LogP contribution < -0.4 is 5.32 Å². The second-order valence-electron chi connectivity index (χ2n) is 3.02. The van der Waals surface area contributed by atoms with Crippen LogP contribution in [0.5, 0.6) is 0 Å². The van der Waals surface area contributed by atoms with Crippen molar-refractivity contribution in [3.8, 4) is 0 Å². The third-order valence-corrected chi connectivity index (χ3v) is 1.92. The average Bonchev–Trinajstić information content (AvgIpc) is 2.65. The van der Waals surface area contributed by atoms with Crippen molar-refractivity contribution >= 4 is 0 Å². The number of methoxy groups -OCH3 is 1. The van der Waals surface area contributed by atoms with E-state index in [-0.39, 0.29) is 6.04 Å². The summed E-state index contributed by atoms with van der Waals surface area (Å²) in [4.78, 5) is 0. The minimum Gasteiger partial charge on any atom is -0.472 e. The van der Waals surface area contributed by atoms with Crippen molar-refractivity contribution in [2.45, 2.75) is 19.4 Å². The molecule has 0 saturated carbocycles. The van der Waals surface area contributed by atoms with Gasteiger partial charge in [0, 0.05) is 12.7 Å². The molecule has 0 aliphatic carbocycles. The Hall–Kier alpha value is -0.800. The highest BCUT2D eigenvalue weighted by molar-refractivity contribution is 5.11. The van der Waals surface area contributed by atoms with E-state index in [2.05, 4.69) is 12.2 Å². The first-order valence-electron chi connectivity index (χ1n) is 4.63. The summed E-state index contributed by atoms with van der Waals surface area (Å²) in [5.41, 5.74) is 1.15. The van der Waals surface area contributed by atoms with Crippen molar-refractivity contribution in [1.29, 1.82) is 0 Å². The first-order valence-corrected chi connectivity index (χ1v) is 4.63. The van der Waals surface area contributed by atoms with E-state index < -0.39 is 0 Å². The molecule has 1 aromatic rings. The Bertz CT molecular complexity index is 209. The van der Waals surface area contributed by atoms with Crippen LogP contribution in [0.15, 0.2) is 23.0 Å². The molecule has 1 rings (SSSR count). The third kappa shape index (κ3) is 3.20. The fourth-order valence-electron chi connectivity index (χ4n) is 1.23. The van der Waals surface area contributed by atoms with Gasteiger partial charge in [-0.1, -0.05) is 6.92 Å². The second kappa shape index (κ2) is 5.78. The summed E-state index contributed by atoms with van der Waals surface area (Å²) in [5.74, 6) is 0. The molecule has 3 nitrogen and oxygen atoms in total. The molecule has 0 radical (unpaired) electrons. The van der Waals surface area contributed by atoms with Gasteiger partial charge in [-0.05, 0) is 19.0 Å². The van der Waals surface area contributed by atoms with Crippen LogP contribution in [0.4, 0.5) is 0 Å². The molecule has 1 aromatic heterocycles. The second-order valence-corrected chi connectivity index (χ2v) is 3.02. The fourth-order valence-corrected chi connectivity index (χ4v) is 1.23. The van der Waals surface area contributed by atoms with Crippen molar-refractivity contribution in [2.24, 2.45) is 0 Å². The zero-order chi connectivity index (χ0) is 9.52. The molecule has 0 saturated heterocycles. The van der Waals surface area contributed by atoms with Crippen molar-refractivity contribution in [3.63, 3.8) is 0 Å². The Labute approximate surface area is 79.1 Å². The molecule has 0 spiro atoms. The predicted molar refractivity (Wildman–Crippen MR) is 51.6 cm³/mol. The highest BCUT2D eigenvalue weighted by atomic mass is 16.5. The Morgan fingerprint density at radius 2 is 2.46 bits per heavy atom. The van der Waals surface area contributed by atoms with Crippen molar-refractivity contribution in [1.82, 2.24) is 5.32 Å². The lowest BCUT2D eigenvalue weighted by Crippen LogP contribution is -2.25. The van der Waals surface area contributed by atoms with Gasteiger partial charge in [0.05, 0.1) is 25.2 Å². The highest BCUT2D eigenvalue weighted by Crippen LogP contribution is 2.13. The molecule has 0 aromatic carbocycles. The van der Waals surface area contributed by atoms with Crippen LogP contribution in [0, 0.1) is 0 Å². The first kappa shape index (κ1) is 10.3. The Morgan fingerprint density at radius 3 is 3.00 bits per heavy atom. The standard InChI is InChI=1S/C10H17NO2/c1-3-5-11-10(8-12-2)9-4-6-13-7-9/h4,6-7,10-11H,3,5,8H2,1-2H3.